The first-order chi connectivity index (χ1) is 27.8. The number of fused-ring (bicyclic) bond motifs is 10. The Morgan fingerprint density at radius 2 is 0.893 bits per heavy atom. The molecule has 0 aliphatic rings. The third kappa shape index (κ3) is 4.47. The van der Waals surface area contributed by atoms with E-state index in [-0.39, 0.29) is 0 Å². The van der Waals surface area contributed by atoms with E-state index in [0.29, 0.717) is 0 Å². The fourth-order valence-electron chi connectivity index (χ4n) is 9.05. The highest BCUT2D eigenvalue weighted by atomic mass is 15.1. The molecule has 0 aliphatic carbocycles. The molecule has 0 spiro atoms. The van der Waals surface area contributed by atoms with Crippen molar-refractivity contribution in [2.24, 2.45) is 0 Å². The highest BCUT2D eigenvalue weighted by Gasteiger charge is 2.23. The van der Waals surface area contributed by atoms with Gasteiger partial charge in [0.1, 0.15) is 5.69 Å². The molecule has 12 rings (SSSR count). The molecular weight excluding hydrogens is 681 g/mol. The van der Waals surface area contributed by atoms with Crippen molar-refractivity contribution in [3.05, 3.63) is 194 Å². The van der Waals surface area contributed by atoms with Crippen molar-refractivity contribution in [3.63, 3.8) is 0 Å². The Hall–Kier alpha value is -7.56. The van der Waals surface area contributed by atoms with Gasteiger partial charge in [-0.05, 0) is 81.2 Å². The van der Waals surface area contributed by atoms with Crippen LogP contribution in [0.4, 0.5) is 0 Å². The molecule has 0 saturated carbocycles. The maximum Gasteiger partial charge on any atom is 0.165 e. The molecule has 0 saturated heterocycles. The first-order valence-corrected chi connectivity index (χ1v) is 19.1. The van der Waals surface area contributed by atoms with E-state index >= 15 is 0 Å². The molecule has 3 aromatic heterocycles. The highest BCUT2D eigenvalue weighted by molar-refractivity contribution is 6.22. The molecule has 12 aromatic rings. The average molecular weight is 713 g/mol. The van der Waals surface area contributed by atoms with Gasteiger partial charge in [0, 0.05) is 32.8 Å². The fraction of sp³-hybridized carbons (Fsp3) is 0. The van der Waals surface area contributed by atoms with Gasteiger partial charge in [-0.25, -0.2) is 9.97 Å². The van der Waals surface area contributed by atoms with E-state index in [4.69, 9.17) is 9.97 Å². The lowest BCUT2D eigenvalue weighted by Crippen LogP contribution is -2.04. The Kier molecular flexibility index (Phi) is 6.60. The smallest absolute Gasteiger partial charge is 0.165 e. The summed E-state index contributed by atoms with van der Waals surface area (Å²) in [5.41, 5.74) is 11.7. The largest absolute Gasteiger partial charge is 0.309 e. The van der Waals surface area contributed by atoms with Gasteiger partial charge in [0.05, 0.1) is 33.1 Å². The zero-order valence-electron chi connectivity index (χ0n) is 30.3. The van der Waals surface area contributed by atoms with Crippen molar-refractivity contribution in [3.8, 4) is 33.9 Å². The van der Waals surface area contributed by atoms with Crippen molar-refractivity contribution < 1.29 is 0 Å². The number of aromatic nitrogens is 4. The summed E-state index contributed by atoms with van der Waals surface area (Å²) in [6.07, 6.45) is 0. The van der Waals surface area contributed by atoms with Gasteiger partial charge in [0.15, 0.2) is 5.82 Å². The van der Waals surface area contributed by atoms with Gasteiger partial charge in [-0.2, -0.15) is 0 Å². The van der Waals surface area contributed by atoms with E-state index in [1.165, 1.54) is 59.9 Å². The molecule has 0 N–H and O–H groups in total. The standard InChI is InChI=1S/C52H32N4/c1-2-14-33(15-3-1)36-28-29-42(39-19-7-6-18-38(36)39)51-52(54-45-23-11-10-22-44(45)53-51)56-48-31-27-35(32-43(48)50-37-17-5-4-16-34(37)26-30-49(50)56)55-46-24-12-8-20-40(46)41-21-9-13-25-47(41)55/h1-32H. The van der Waals surface area contributed by atoms with Crippen LogP contribution < -0.4 is 0 Å². The van der Waals surface area contributed by atoms with Crippen molar-refractivity contribution in [1.82, 2.24) is 19.1 Å². The van der Waals surface area contributed by atoms with E-state index in [1.54, 1.807) is 0 Å². The lowest BCUT2D eigenvalue weighted by atomic mass is 9.93. The molecule has 0 radical (unpaired) electrons. The number of rotatable bonds is 4. The van der Waals surface area contributed by atoms with Crippen molar-refractivity contribution >= 4 is 76.2 Å². The van der Waals surface area contributed by atoms with Gasteiger partial charge < -0.3 is 4.57 Å². The predicted molar refractivity (Wildman–Crippen MR) is 234 cm³/mol. The first kappa shape index (κ1) is 30.9. The van der Waals surface area contributed by atoms with Crippen molar-refractivity contribution in [2.45, 2.75) is 0 Å². The topological polar surface area (TPSA) is 35.6 Å². The SMILES string of the molecule is c1ccc(-c2ccc(-c3nc4ccccc4nc3-n3c4ccc(-n5c6ccccc6c6ccccc65)cc4c4c5ccccc5ccc43)c3ccccc23)cc1. The van der Waals surface area contributed by atoms with Crippen LogP contribution in [0.15, 0.2) is 194 Å². The molecule has 4 nitrogen and oxygen atoms in total. The van der Waals surface area contributed by atoms with Crippen LogP contribution in [-0.2, 0) is 0 Å². The molecule has 9 aromatic carbocycles. The highest BCUT2D eigenvalue weighted by Crippen LogP contribution is 2.43. The molecule has 0 unspecified atom stereocenters. The number of benzene rings is 9. The minimum Gasteiger partial charge on any atom is -0.309 e. The lowest BCUT2D eigenvalue weighted by Gasteiger charge is -2.17. The van der Waals surface area contributed by atoms with Crippen LogP contribution in [0.3, 0.4) is 0 Å². The molecule has 4 heteroatoms. The second kappa shape index (κ2) is 12.0. The molecule has 56 heavy (non-hydrogen) atoms. The number of nitrogens with zero attached hydrogens (tertiary/aromatic N) is 4. The van der Waals surface area contributed by atoms with Crippen LogP contribution >= 0.6 is 0 Å². The maximum absolute atomic E-state index is 5.51. The first-order valence-electron chi connectivity index (χ1n) is 19.1. The minimum atomic E-state index is 0.807. The van der Waals surface area contributed by atoms with Crippen molar-refractivity contribution in [2.75, 3.05) is 0 Å². The quantitative estimate of drug-likeness (QED) is 0.182. The Labute approximate surface area is 322 Å². The maximum atomic E-state index is 5.51. The normalized spacial score (nSPS) is 11.9. The molecule has 260 valence electrons. The third-order valence-electron chi connectivity index (χ3n) is 11.5. The van der Waals surface area contributed by atoms with E-state index < -0.39 is 0 Å². The predicted octanol–water partition coefficient (Wildman–Crippen LogP) is 13.5. The Morgan fingerprint density at radius 3 is 1.64 bits per heavy atom. The van der Waals surface area contributed by atoms with Gasteiger partial charge in [0.25, 0.3) is 0 Å². The second-order valence-corrected chi connectivity index (χ2v) is 14.5. The molecule has 0 aliphatic heterocycles. The van der Waals surface area contributed by atoms with Gasteiger partial charge in [-0.15, -0.1) is 0 Å². The summed E-state index contributed by atoms with van der Waals surface area (Å²) < 4.78 is 4.75. The summed E-state index contributed by atoms with van der Waals surface area (Å²) in [4.78, 5) is 11.0. The number of para-hydroxylation sites is 4. The average Bonchev–Trinajstić information content (AvgIpc) is 3.78. The molecule has 0 bridgehead atoms. The van der Waals surface area contributed by atoms with Gasteiger partial charge >= 0.3 is 0 Å². The summed E-state index contributed by atoms with van der Waals surface area (Å²) in [6.45, 7) is 0. The van der Waals surface area contributed by atoms with Crippen molar-refractivity contribution in [1.29, 1.82) is 0 Å². The monoisotopic (exact) mass is 712 g/mol. The summed E-state index contributed by atoms with van der Waals surface area (Å²) >= 11 is 0. The van der Waals surface area contributed by atoms with Crippen LogP contribution in [0.1, 0.15) is 0 Å². The van der Waals surface area contributed by atoms with Crippen LogP contribution in [0.2, 0.25) is 0 Å². The van der Waals surface area contributed by atoms with E-state index in [1.807, 2.05) is 12.1 Å². The number of hydrogen-bond acceptors (Lipinski definition) is 2. The molecule has 0 amide bonds. The fourth-order valence-corrected chi connectivity index (χ4v) is 9.05. The Bertz CT molecular complexity index is 3480. The zero-order valence-corrected chi connectivity index (χ0v) is 30.3. The van der Waals surface area contributed by atoms with E-state index in [0.717, 1.165) is 50.2 Å². The minimum absolute atomic E-state index is 0.807. The van der Waals surface area contributed by atoms with Gasteiger partial charge in [0.2, 0.25) is 0 Å². The van der Waals surface area contributed by atoms with Gasteiger partial charge in [-0.1, -0.05) is 146 Å². The van der Waals surface area contributed by atoms with Crippen LogP contribution in [0.5, 0.6) is 0 Å². The third-order valence-corrected chi connectivity index (χ3v) is 11.5. The Morgan fingerprint density at radius 1 is 0.339 bits per heavy atom. The summed E-state index contributed by atoms with van der Waals surface area (Å²) in [5, 5.41) is 9.60. The Balaban J connectivity index is 1.20. The van der Waals surface area contributed by atoms with Crippen LogP contribution in [0.25, 0.3) is 110 Å². The zero-order chi connectivity index (χ0) is 36.7. The van der Waals surface area contributed by atoms with Gasteiger partial charge in [-0.3, -0.25) is 4.57 Å². The summed E-state index contributed by atoms with van der Waals surface area (Å²) in [7, 11) is 0. The molecule has 0 fully saturated rings. The summed E-state index contributed by atoms with van der Waals surface area (Å²) in [5.74, 6) is 0.807. The van der Waals surface area contributed by atoms with E-state index in [2.05, 4.69) is 191 Å². The molecular formula is C52H32N4. The van der Waals surface area contributed by atoms with E-state index in [9.17, 15) is 0 Å². The summed E-state index contributed by atoms with van der Waals surface area (Å²) in [6, 6.07) is 69.5. The second-order valence-electron chi connectivity index (χ2n) is 14.5. The van der Waals surface area contributed by atoms with Crippen LogP contribution in [-0.4, -0.2) is 19.1 Å². The molecule has 0 atom stereocenters. The number of hydrogen-bond donors (Lipinski definition) is 0. The van der Waals surface area contributed by atoms with Crippen LogP contribution in [0, 0.1) is 0 Å². The molecule has 3 heterocycles. The lowest BCUT2D eigenvalue weighted by molar-refractivity contribution is 1.08.